The van der Waals surface area contributed by atoms with Crippen LogP contribution in [-0.4, -0.2) is 21.2 Å². The number of aliphatic hydroxyl groups is 1. The van der Waals surface area contributed by atoms with Gasteiger partial charge in [0.15, 0.2) is 0 Å². The summed E-state index contributed by atoms with van der Waals surface area (Å²) >= 11 is 0. The molecule has 0 saturated heterocycles. The summed E-state index contributed by atoms with van der Waals surface area (Å²) in [5.74, 6) is 1.24. The quantitative estimate of drug-likeness (QED) is 0.794. The topological polar surface area (TPSA) is 46.0 Å². The highest BCUT2D eigenvalue weighted by Crippen LogP contribution is 2.08. The van der Waals surface area contributed by atoms with E-state index in [0.29, 0.717) is 12.3 Å². The molecule has 1 rings (SSSR count). The maximum absolute atomic E-state index is 9.68. The van der Waals surface area contributed by atoms with E-state index in [4.69, 9.17) is 0 Å². The first-order valence-corrected chi connectivity index (χ1v) is 5.04. The molecule has 0 aliphatic rings. The van der Waals surface area contributed by atoms with Crippen LogP contribution in [0.15, 0.2) is 12.3 Å². The summed E-state index contributed by atoms with van der Waals surface area (Å²) in [6, 6.07) is 1.86. The molecule has 14 heavy (non-hydrogen) atoms. The van der Waals surface area contributed by atoms with Crippen molar-refractivity contribution in [2.24, 2.45) is 5.92 Å². The highest BCUT2D eigenvalue weighted by Gasteiger charge is 2.09. The van der Waals surface area contributed by atoms with Crippen molar-refractivity contribution in [1.82, 2.24) is 9.97 Å². The molecule has 0 saturated carbocycles. The van der Waals surface area contributed by atoms with Crippen LogP contribution >= 0.6 is 0 Å². The van der Waals surface area contributed by atoms with Gasteiger partial charge in [0.1, 0.15) is 5.82 Å². The van der Waals surface area contributed by atoms with Crippen molar-refractivity contribution in [1.29, 1.82) is 0 Å². The molecule has 1 aromatic heterocycles. The van der Waals surface area contributed by atoms with Crippen molar-refractivity contribution in [3.05, 3.63) is 23.8 Å². The molecule has 3 heteroatoms. The smallest absolute Gasteiger partial charge is 0.131 e. The molecule has 0 bridgehead atoms. The van der Waals surface area contributed by atoms with E-state index >= 15 is 0 Å². The third-order valence-corrected chi connectivity index (χ3v) is 2.01. The standard InChI is InChI=1S/C11H18N2O/c1-8(2)6-10(14)7-11-12-5-4-9(3)13-11/h4-5,8,10,14H,6-7H2,1-3H3. The molecule has 3 nitrogen and oxygen atoms in total. The van der Waals surface area contributed by atoms with E-state index in [1.807, 2.05) is 13.0 Å². The van der Waals surface area contributed by atoms with E-state index in [1.165, 1.54) is 0 Å². The maximum Gasteiger partial charge on any atom is 0.131 e. The second kappa shape index (κ2) is 5.05. The van der Waals surface area contributed by atoms with E-state index in [-0.39, 0.29) is 6.10 Å². The third-order valence-electron chi connectivity index (χ3n) is 2.01. The van der Waals surface area contributed by atoms with Crippen LogP contribution in [0.4, 0.5) is 0 Å². The predicted octanol–water partition coefficient (Wildman–Crippen LogP) is 1.73. The van der Waals surface area contributed by atoms with Crippen LogP contribution < -0.4 is 0 Å². The van der Waals surface area contributed by atoms with E-state index in [2.05, 4.69) is 23.8 Å². The molecule has 1 heterocycles. The zero-order valence-corrected chi connectivity index (χ0v) is 9.07. The van der Waals surface area contributed by atoms with Gasteiger partial charge in [0.05, 0.1) is 6.10 Å². The van der Waals surface area contributed by atoms with Crippen molar-refractivity contribution >= 4 is 0 Å². The number of aryl methyl sites for hydroxylation is 1. The number of aromatic nitrogens is 2. The van der Waals surface area contributed by atoms with E-state index in [9.17, 15) is 5.11 Å². The molecule has 0 amide bonds. The van der Waals surface area contributed by atoms with Gasteiger partial charge in [-0.1, -0.05) is 13.8 Å². The molecule has 1 unspecified atom stereocenters. The lowest BCUT2D eigenvalue weighted by Crippen LogP contribution is -2.15. The van der Waals surface area contributed by atoms with Crippen LogP contribution in [0.5, 0.6) is 0 Å². The van der Waals surface area contributed by atoms with Gasteiger partial charge in [0.2, 0.25) is 0 Å². The molecular formula is C11H18N2O. The lowest BCUT2D eigenvalue weighted by Gasteiger charge is -2.11. The summed E-state index contributed by atoms with van der Waals surface area (Å²) in [6.45, 7) is 6.13. The molecule has 0 radical (unpaired) electrons. The summed E-state index contributed by atoms with van der Waals surface area (Å²) in [7, 11) is 0. The fourth-order valence-electron chi connectivity index (χ4n) is 1.44. The highest BCUT2D eigenvalue weighted by molar-refractivity contribution is 5.00. The summed E-state index contributed by atoms with van der Waals surface area (Å²) in [5, 5.41) is 9.68. The van der Waals surface area contributed by atoms with Gasteiger partial charge in [-0.25, -0.2) is 9.97 Å². The molecule has 0 aliphatic carbocycles. The van der Waals surface area contributed by atoms with Crippen LogP contribution in [-0.2, 0) is 6.42 Å². The Hall–Kier alpha value is -0.960. The van der Waals surface area contributed by atoms with Gasteiger partial charge in [-0.2, -0.15) is 0 Å². The zero-order chi connectivity index (χ0) is 10.6. The van der Waals surface area contributed by atoms with Crippen LogP contribution in [0.1, 0.15) is 31.8 Å². The van der Waals surface area contributed by atoms with Gasteiger partial charge in [0, 0.05) is 18.3 Å². The van der Waals surface area contributed by atoms with Crippen molar-refractivity contribution in [2.75, 3.05) is 0 Å². The van der Waals surface area contributed by atoms with Crippen molar-refractivity contribution in [3.8, 4) is 0 Å². The Bertz CT molecular complexity index is 286. The Morgan fingerprint density at radius 2 is 2.14 bits per heavy atom. The Balaban J connectivity index is 2.51. The van der Waals surface area contributed by atoms with Gasteiger partial charge < -0.3 is 5.11 Å². The van der Waals surface area contributed by atoms with Gasteiger partial charge in [0.25, 0.3) is 0 Å². The summed E-state index contributed by atoms with van der Waals surface area (Å²) < 4.78 is 0. The first kappa shape index (κ1) is 11.1. The maximum atomic E-state index is 9.68. The van der Waals surface area contributed by atoms with Crippen LogP contribution in [0.25, 0.3) is 0 Å². The Kier molecular flexibility index (Phi) is 4.01. The molecule has 0 aromatic carbocycles. The average Bonchev–Trinajstić information content (AvgIpc) is 2.01. The molecule has 1 N–H and O–H groups in total. The number of aliphatic hydroxyl groups excluding tert-OH is 1. The van der Waals surface area contributed by atoms with E-state index in [1.54, 1.807) is 6.20 Å². The highest BCUT2D eigenvalue weighted by atomic mass is 16.3. The fraction of sp³-hybridized carbons (Fsp3) is 0.636. The predicted molar refractivity (Wildman–Crippen MR) is 55.9 cm³/mol. The molecule has 78 valence electrons. The summed E-state index contributed by atoms with van der Waals surface area (Å²) in [4.78, 5) is 8.37. The van der Waals surface area contributed by atoms with Gasteiger partial charge >= 0.3 is 0 Å². The minimum atomic E-state index is -0.322. The first-order valence-electron chi connectivity index (χ1n) is 5.04. The second-order valence-corrected chi connectivity index (χ2v) is 4.10. The number of hydrogen-bond donors (Lipinski definition) is 1. The van der Waals surface area contributed by atoms with Crippen molar-refractivity contribution in [3.63, 3.8) is 0 Å². The molecule has 0 spiro atoms. The number of nitrogens with zero attached hydrogens (tertiary/aromatic N) is 2. The molecule has 1 aromatic rings. The minimum absolute atomic E-state index is 0.322. The monoisotopic (exact) mass is 194 g/mol. The fourth-order valence-corrected chi connectivity index (χ4v) is 1.44. The second-order valence-electron chi connectivity index (χ2n) is 4.10. The molecular weight excluding hydrogens is 176 g/mol. The summed E-state index contributed by atoms with van der Waals surface area (Å²) in [6.07, 6.45) is 2.77. The normalized spacial score (nSPS) is 13.2. The molecule has 0 aliphatic heterocycles. The summed E-state index contributed by atoms with van der Waals surface area (Å²) in [5.41, 5.74) is 0.951. The average molecular weight is 194 g/mol. The van der Waals surface area contributed by atoms with Crippen molar-refractivity contribution in [2.45, 2.75) is 39.7 Å². The Morgan fingerprint density at radius 3 is 2.71 bits per heavy atom. The zero-order valence-electron chi connectivity index (χ0n) is 9.07. The van der Waals surface area contributed by atoms with E-state index < -0.39 is 0 Å². The number of rotatable bonds is 4. The van der Waals surface area contributed by atoms with Crippen LogP contribution in [0.2, 0.25) is 0 Å². The third kappa shape index (κ3) is 3.83. The van der Waals surface area contributed by atoms with Crippen LogP contribution in [0, 0.1) is 12.8 Å². The largest absolute Gasteiger partial charge is 0.393 e. The van der Waals surface area contributed by atoms with E-state index in [0.717, 1.165) is 17.9 Å². The molecule has 0 fully saturated rings. The Labute approximate surface area is 85.2 Å². The minimum Gasteiger partial charge on any atom is -0.393 e. The van der Waals surface area contributed by atoms with Gasteiger partial charge in [-0.15, -0.1) is 0 Å². The first-order chi connectivity index (χ1) is 6.58. The van der Waals surface area contributed by atoms with Gasteiger partial charge in [-0.3, -0.25) is 0 Å². The van der Waals surface area contributed by atoms with Gasteiger partial charge in [-0.05, 0) is 25.3 Å². The lowest BCUT2D eigenvalue weighted by molar-refractivity contribution is 0.147. The Morgan fingerprint density at radius 1 is 1.43 bits per heavy atom. The molecule has 1 atom stereocenters. The number of hydrogen-bond acceptors (Lipinski definition) is 3. The van der Waals surface area contributed by atoms with Crippen LogP contribution in [0.3, 0.4) is 0 Å². The lowest BCUT2D eigenvalue weighted by atomic mass is 10.0. The van der Waals surface area contributed by atoms with Crippen molar-refractivity contribution < 1.29 is 5.11 Å². The SMILES string of the molecule is Cc1ccnc(CC(O)CC(C)C)n1.